The van der Waals surface area contributed by atoms with Gasteiger partial charge in [0, 0.05) is 32.0 Å². The fourth-order valence-corrected chi connectivity index (χ4v) is 3.58. The van der Waals surface area contributed by atoms with E-state index in [1.807, 2.05) is 36.2 Å². The van der Waals surface area contributed by atoms with E-state index in [-0.39, 0.29) is 6.61 Å². The first kappa shape index (κ1) is 19.5. The van der Waals surface area contributed by atoms with Crippen LogP contribution >= 0.6 is 0 Å². The molecule has 0 amide bonds. The van der Waals surface area contributed by atoms with Crippen molar-refractivity contribution < 1.29 is 14.2 Å². The van der Waals surface area contributed by atoms with Gasteiger partial charge >= 0.3 is 0 Å². The molecule has 1 saturated heterocycles. The largest absolute Gasteiger partial charge is 0.491 e. The normalized spacial score (nSPS) is 20.1. The lowest BCUT2D eigenvalue weighted by atomic mass is 9.92. The Morgan fingerprint density at radius 1 is 1.26 bits per heavy atom. The molecule has 1 unspecified atom stereocenters. The summed E-state index contributed by atoms with van der Waals surface area (Å²) < 4.78 is 17.4. The Morgan fingerprint density at radius 3 is 2.70 bits per heavy atom. The molecule has 27 heavy (non-hydrogen) atoms. The molecule has 1 aromatic carbocycles. The molecule has 2 aromatic rings. The summed E-state index contributed by atoms with van der Waals surface area (Å²) in [4.78, 5) is 12.8. The van der Waals surface area contributed by atoms with E-state index in [0.29, 0.717) is 31.3 Å². The first-order valence-electron chi connectivity index (χ1n) is 9.29. The highest BCUT2D eigenvalue weighted by Crippen LogP contribution is 2.25. The zero-order chi connectivity index (χ0) is 19.1. The number of halogens is 1. The molecule has 1 aromatic heterocycles. The van der Waals surface area contributed by atoms with Gasteiger partial charge in [-0.15, -0.1) is 0 Å². The molecular formula is C20H27FN4O2. The van der Waals surface area contributed by atoms with Crippen LogP contribution in [-0.4, -0.2) is 65.5 Å². The number of piperidine rings is 1. The third kappa shape index (κ3) is 5.61. The van der Waals surface area contributed by atoms with Crippen molar-refractivity contribution in [1.29, 1.82) is 0 Å². The summed E-state index contributed by atoms with van der Waals surface area (Å²) in [7, 11) is 2.00. The fraction of sp³-hybridized carbons (Fsp3) is 0.500. The van der Waals surface area contributed by atoms with Crippen molar-refractivity contribution in [3.8, 4) is 5.75 Å². The van der Waals surface area contributed by atoms with Crippen LogP contribution in [0.5, 0.6) is 5.75 Å². The van der Waals surface area contributed by atoms with E-state index in [2.05, 4.69) is 14.9 Å². The highest BCUT2D eigenvalue weighted by atomic mass is 19.1. The van der Waals surface area contributed by atoms with Crippen molar-refractivity contribution in [3.63, 3.8) is 0 Å². The lowest BCUT2D eigenvalue weighted by Gasteiger charge is -2.41. The number of likely N-dealkylation sites (N-methyl/N-ethyl adjacent to an activating group) is 1. The summed E-state index contributed by atoms with van der Waals surface area (Å²) in [5, 5.41) is 11.1. The van der Waals surface area contributed by atoms with Crippen molar-refractivity contribution in [1.82, 2.24) is 14.9 Å². The summed E-state index contributed by atoms with van der Waals surface area (Å²) in [5.41, 5.74) is 0.323. The van der Waals surface area contributed by atoms with Gasteiger partial charge in [0.05, 0.1) is 12.1 Å². The van der Waals surface area contributed by atoms with E-state index < -0.39 is 12.3 Å². The fourth-order valence-electron chi connectivity index (χ4n) is 3.58. The number of rotatable bonds is 8. The van der Waals surface area contributed by atoms with Crippen molar-refractivity contribution in [2.45, 2.75) is 25.0 Å². The van der Waals surface area contributed by atoms with E-state index in [9.17, 15) is 9.50 Å². The van der Waals surface area contributed by atoms with Gasteiger partial charge in [0.15, 0.2) is 0 Å². The zero-order valence-electron chi connectivity index (χ0n) is 15.7. The van der Waals surface area contributed by atoms with Gasteiger partial charge in [-0.1, -0.05) is 12.1 Å². The Balaban J connectivity index is 1.55. The van der Waals surface area contributed by atoms with Crippen molar-refractivity contribution in [2.75, 3.05) is 44.9 Å². The van der Waals surface area contributed by atoms with Gasteiger partial charge in [0.25, 0.3) is 0 Å². The summed E-state index contributed by atoms with van der Waals surface area (Å²) >= 11 is 0. The molecule has 0 radical (unpaired) electrons. The van der Waals surface area contributed by atoms with Crippen molar-refractivity contribution >= 4 is 5.95 Å². The van der Waals surface area contributed by atoms with Gasteiger partial charge in [-0.3, -0.25) is 4.90 Å². The summed E-state index contributed by atoms with van der Waals surface area (Å²) in [5.74, 6) is 1.34. The van der Waals surface area contributed by atoms with Crippen LogP contribution in [-0.2, 0) is 6.54 Å². The highest BCUT2D eigenvalue weighted by Gasteiger charge is 2.35. The molecule has 1 fully saturated rings. The lowest BCUT2D eigenvalue weighted by molar-refractivity contribution is -0.00366. The van der Waals surface area contributed by atoms with Gasteiger partial charge in [0.2, 0.25) is 5.95 Å². The third-order valence-corrected chi connectivity index (χ3v) is 4.68. The van der Waals surface area contributed by atoms with Crippen LogP contribution in [0, 0.1) is 0 Å². The number of aromatic nitrogens is 2. The predicted octanol–water partition coefficient (Wildman–Crippen LogP) is 2.29. The molecule has 0 saturated carbocycles. The number of nitrogens with zero attached hydrogens (tertiary/aromatic N) is 4. The molecule has 1 aliphatic heterocycles. The molecule has 3 rings (SSSR count). The minimum atomic E-state index is -0.795. The summed E-state index contributed by atoms with van der Waals surface area (Å²) in [6, 6.07) is 9.44. The second kappa shape index (κ2) is 9.10. The SMILES string of the molecule is CN(Cc1ccc(OCCF)cc1)CC1(O)CCCN(c2ncccn2)C1. The van der Waals surface area contributed by atoms with Gasteiger partial charge in [-0.25, -0.2) is 14.4 Å². The van der Waals surface area contributed by atoms with Crippen LogP contribution in [0.2, 0.25) is 0 Å². The van der Waals surface area contributed by atoms with Crippen LogP contribution in [0.4, 0.5) is 10.3 Å². The maximum atomic E-state index is 12.2. The van der Waals surface area contributed by atoms with E-state index >= 15 is 0 Å². The average Bonchev–Trinajstić information content (AvgIpc) is 2.67. The highest BCUT2D eigenvalue weighted by molar-refractivity contribution is 5.31. The number of hydrogen-bond donors (Lipinski definition) is 1. The molecule has 0 bridgehead atoms. The minimum Gasteiger partial charge on any atom is -0.491 e. The number of benzene rings is 1. The molecule has 1 N–H and O–H groups in total. The topological polar surface area (TPSA) is 61.7 Å². The molecule has 146 valence electrons. The molecule has 2 heterocycles. The lowest BCUT2D eigenvalue weighted by Crippen LogP contribution is -2.54. The van der Waals surface area contributed by atoms with Gasteiger partial charge in [-0.2, -0.15) is 0 Å². The van der Waals surface area contributed by atoms with Gasteiger partial charge in [-0.05, 0) is 43.7 Å². The number of aliphatic hydroxyl groups is 1. The number of β-amino-alcohol motifs (C(OH)–C–C–N with tert-alkyl or cyclic N) is 1. The Morgan fingerprint density at radius 2 is 2.00 bits per heavy atom. The van der Waals surface area contributed by atoms with E-state index in [0.717, 1.165) is 24.9 Å². The maximum Gasteiger partial charge on any atom is 0.225 e. The first-order valence-corrected chi connectivity index (χ1v) is 9.29. The van der Waals surface area contributed by atoms with Crippen LogP contribution < -0.4 is 9.64 Å². The van der Waals surface area contributed by atoms with Gasteiger partial charge < -0.3 is 14.7 Å². The standard InChI is InChI=1S/C20H27FN4O2/c1-24(14-17-4-6-18(7-5-17)27-13-9-21)15-20(26)8-2-12-25(16-20)19-22-10-3-11-23-19/h3-7,10-11,26H,2,8-9,12-16H2,1H3. The number of hydrogen-bond acceptors (Lipinski definition) is 6. The smallest absolute Gasteiger partial charge is 0.225 e. The maximum absolute atomic E-state index is 12.2. The third-order valence-electron chi connectivity index (χ3n) is 4.68. The Bertz CT molecular complexity index is 701. The summed E-state index contributed by atoms with van der Waals surface area (Å²) in [6.45, 7) is 2.25. The van der Waals surface area contributed by atoms with Crippen LogP contribution in [0.25, 0.3) is 0 Å². The Kier molecular flexibility index (Phi) is 6.58. The molecule has 6 nitrogen and oxygen atoms in total. The molecular weight excluding hydrogens is 347 g/mol. The van der Waals surface area contributed by atoms with Crippen LogP contribution in [0.3, 0.4) is 0 Å². The van der Waals surface area contributed by atoms with Crippen molar-refractivity contribution in [2.24, 2.45) is 0 Å². The van der Waals surface area contributed by atoms with E-state index in [1.54, 1.807) is 18.5 Å². The monoisotopic (exact) mass is 374 g/mol. The van der Waals surface area contributed by atoms with E-state index in [1.165, 1.54) is 0 Å². The first-order chi connectivity index (χ1) is 13.1. The van der Waals surface area contributed by atoms with Gasteiger partial charge in [0.1, 0.15) is 19.0 Å². The average molecular weight is 374 g/mol. The second-order valence-electron chi connectivity index (χ2n) is 7.15. The second-order valence-corrected chi connectivity index (χ2v) is 7.15. The molecule has 0 aliphatic carbocycles. The van der Waals surface area contributed by atoms with Crippen molar-refractivity contribution in [3.05, 3.63) is 48.3 Å². The number of anilines is 1. The molecule has 1 atom stereocenters. The molecule has 1 aliphatic rings. The molecule has 7 heteroatoms. The quantitative estimate of drug-likeness (QED) is 0.765. The summed E-state index contributed by atoms with van der Waals surface area (Å²) in [6.07, 6.45) is 5.12. The Hall–Kier alpha value is -2.25. The zero-order valence-corrected chi connectivity index (χ0v) is 15.7. The minimum absolute atomic E-state index is 0.0773. The van der Waals surface area contributed by atoms with E-state index in [4.69, 9.17) is 4.74 Å². The Labute approximate surface area is 159 Å². The van der Waals surface area contributed by atoms with Crippen LogP contribution in [0.1, 0.15) is 18.4 Å². The molecule has 0 spiro atoms. The predicted molar refractivity (Wildman–Crippen MR) is 103 cm³/mol. The van der Waals surface area contributed by atoms with Crippen LogP contribution in [0.15, 0.2) is 42.7 Å². The number of alkyl halides is 1. The number of ether oxygens (including phenoxy) is 1.